The lowest BCUT2D eigenvalue weighted by atomic mass is 9.90. The Morgan fingerprint density at radius 2 is 1.90 bits per heavy atom. The van der Waals surface area contributed by atoms with E-state index < -0.39 is 0 Å². The number of ether oxygens (including phenoxy) is 1. The number of rotatable bonds is 7. The smallest absolute Gasteiger partial charge is 0.415 e. The topological polar surface area (TPSA) is 79.4 Å². The van der Waals surface area contributed by atoms with Crippen LogP contribution in [0.15, 0.2) is 36.5 Å². The molecular formula is C24H33N5O2. The van der Waals surface area contributed by atoms with Crippen LogP contribution in [0.25, 0.3) is 0 Å². The lowest BCUT2D eigenvalue weighted by molar-refractivity contribution is 0.177. The first-order chi connectivity index (χ1) is 15.0. The molecule has 2 atom stereocenters. The average Bonchev–Trinajstić information content (AvgIpc) is 3.17. The van der Waals surface area contributed by atoms with Gasteiger partial charge in [0.2, 0.25) is 5.95 Å². The number of aromatic nitrogens is 2. The summed E-state index contributed by atoms with van der Waals surface area (Å²) >= 11 is 0. The zero-order valence-corrected chi connectivity index (χ0v) is 18.7. The standard InChI is InChI=1S/C24H33N5O2/c1-16(2)21-15-31-24(30)29(21)22-10-13-26-23(28-22)27-17(3)20-6-4-18(5-7-20)14-19-8-11-25-12-9-19/h4-7,10,13,16-17,19,21,25H,8-9,11-12,14-15H2,1-3H3,(H,26,27,28)/t17-,21+/m0/s1. The lowest BCUT2D eigenvalue weighted by Crippen LogP contribution is -2.37. The number of benzene rings is 1. The van der Waals surface area contributed by atoms with Crippen molar-refractivity contribution in [3.05, 3.63) is 47.7 Å². The molecule has 3 heterocycles. The van der Waals surface area contributed by atoms with E-state index in [-0.39, 0.29) is 24.1 Å². The Kier molecular flexibility index (Phi) is 6.70. The van der Waals surface area contributed by atoms with Crippen LogP contribution in [-0.2, 0) is 11.2 Å². The van der Waals surface area contributed by atoms with Crippen molar-refractivity contribution in [3.63, 3.8) is 0 Å². The van der Waals surface area contributed by atoms with Crippen LogP contribution in [-0.4, -0.2) is 41.8 Å². The van der Waals surface area contributed by atoms with E-state index in [0.29, 0.717) is 18.4 Å². The third-order valence-corrected chi connectivity index (χ3v) is 6.37. The van der Waals surface area contributed by atoms with Gasteiger partial charge in [0.15, 0.2) is 0 Å². The number of anilines is 2. The predicted molar refractivity (Wildman–Crippen MR) is 122 cm³/mol. The second-order valence-electron chi connectivity index (χ2n) is 9.00. The van der Waals surface area contributed by atoms with E-state index in [0.717, 1.165) is 25.4 Å². The molecule has 2 N–H and O–H groups in total. The van der Waals surface area contributed by atoms with Gasteiger partial charge in [-0.05, 0) is 68.3 Å². The lowest BCUT2D eigenvalue weighted by Gasteiger charge is -2.24. The van der Waals surface area contributed by atoms with Crippen LogP contribution in [0.4, 0.5) is 16.6 Å². The van der Waals surface area contributed by atoms with E-state index in [1.165, 1.54) is 24.0 Å². The summed E-state index contributed by atoms with van der Waals surface area (Å²) in [7, 11) is 0. The molecule has 7 nitrogen and oxygen atoms in total. The van der Waals surface area contributed by atoms with Crippen LogP contribution in [0.5, 0.6) is 0 Å². The number of amides is 1. The van der Waals surface area contributed by atoms with Crippen molar-refractivity contribution in [3.8, 4) is 0 Å². The highest BCUT2D eigenvalue weighted by Crippen LogP contribution is 2.27. The molecule has 0 unspecified atom stereocenters. The SMILES string of the molecule is CC(C)[C@H]1COC(=O)N1c1ccnc(N[C@@H](C)c2ccc(CC3CCNCC3)cc2)n1. The number of piperidine rings is 1. The van der Waals surface area contributed by atoms with Gasteiger partial charge in [0.25, 0.3) is 0 Å². The molecule has 2 aromatic rings. The highest BCUT2D eigenvalue weighted by molar-refractivity contribution is 5.89. The van der Waals surface area contributed by atoms with E-state index in [1.54, 1.807) is 17.2 Å². The summed E-state index contributed by atoms with van der Waals surface area (Å²) in [6.07, 6.45) is 5.01. The maximum absolute atomic E-state index is 12.2. The zero-order valence-electron chi connectivity index (χ0n) is 18.7. The van der Waals surface area contributed by atoms with Gasteiger partial charge in [-0.2, -0.15) is 4.98 Å². The molecule has 166 valence electrons. The quantitative estimate of drug-likeness (QED) is 0.696. The molecule has 1 amide bonds. The van der Waals surface area contributed by atoms with Crippen molar-refractivity contribution in [1.29, 1.82) is 0 Å². The van der Waals surface area contributed by atoms with Gasteiger partial charge in [-0.15, -0.1) is 0 Å². The first-order valence-electron chi connectivity index (χ1n) is 11.4. The number of hydrogen-bond donors (Lipinski definition) is 2. The Labute approximate surface area is 184 Å². The van der Waals surface area contributed by atoms with Crippen LogP contribution in [0.1, 0.15) is 50.8 Å². The minimum Gasteiger partial charge on any atom is -0.447 e. The van der Waals surface area contributed by atoms with E-state index in [2.05, 4.69) is 65.6 Å². The number of carbonyl (C=O) groups excluding carboxylic acids is 1. The van der Waals surface area contributed by atoms with Crippen molar-refractivity contribution in [1.82, 2.24) is 15.3 Å². The number of nitrogens with zero attached hydrogens (tertiary/aromatic N) is 3. The molecule has 4 rings (SSSR count). The largest absolute Gasteiger partial charge is 0.447 e. The predicted octanol–water partition coefficient (Wildman–Crippen LogP) is 4.17. The number of cyclic esters (lactones) is 1. The van der Waals surface area contributed by atoms with Gasteiger partial charge in [-0.1, -0.05) is 38.1 Å². The minimum absolute atomic E-state index is 0.0137. The molecule has 2 aliphatic rings. The van der Waals surface area contributed by atoms with Gasteiger partial charge in [0, 0.05) is 6.20 Å². The Morgan fingerprint density at radius 3 is 2.61 bits per heavy atom. The van der Waals surface area contributed by atoms with Crippen LogP contribution >= 0.6 is 0 Å². The average molecular weight is 424 g/mol. The van der Waals surface area contributed by atoms with Crippen LogP contribution < -0.4 is 15.5 Å². The van der Waals surface area contributed by atoms with Gasteiger partial charge in [-0.25, -0.2) is 9.78 Å². The number of nitrogens with one attached hydrogen (secondary N) is 2. The molecule has 0 spiro atoms. The van der Waals surface area contributed by atoms with Gasteiger partial charge in [0.05, 0.1) is 12.1 Å². The summed E-state index contributed by atoms with van der Waals surface area (Å²) < 4.78 is 5.25. The fraction of sp³-hybridized carbons (Fsp3) is 0.542. The summed E-state index contributed by atoms with van der Waals surface area (Å²) in [4.78, 5) is 22.8. The summed E-state index contributed by atoms with van der Waals surface area (Å²) in [5.41, 5.74) is 2.58. The third kappa shape index (κ3) is 5.15. The van der Waals surface area contributed by atoms with Crippen molar-refractivity contribution in [2.45, 2.75) is 52.1 Å². The van der Waals surface area contributed by atoms with Crippen molar-refractivity contribution < 1.29 is 9.53 Å². The Bertz CT molecular complexity index is 880. The molecule has 1 aromatic carbocycles. The maximum atomic E-state index is 12.2. The molecule has 0 aliphatic carbocycles. The molecule has 0 radical (unpaired) electrons. The monoisotopic (exact) mass is 423 g/mol. The van der Waals surface area contributed by atoms with Crippen molar-refractivity contribution in [2.75, 3.05) is 29.9 Å². The van der Waals surface area contributed by atoms with Crippen LogP contribution in [0.3, 0.4) is 0 Å². The van der Waals surface area contributed by atoms with Crippen molar-refractivity contribution >= 4 is 17.9 Å². The Hall–Kier alpha value is -2.67. The first-order valence-corrected chi connectivity index (χ1v) is 11.4. The molecule has 0 saturated carbocycles. The zero-order chi connectivity index (χ0) is 21.8. The molecule has 2 saturated heterocycles. The molecular weight excluding hydrogens is 390 g/mol. The van der Waals surface area contributed by atoms with Crippen LogP contribution in [0.2, 0.25) is 0 Å². The number of hydrogen-bond acceptors (Lipinski definition) is 6. The highest BCUT2D eigenvalue weighted by Gasteiger charge is 2.37. The van der Waals surface area contributed by atoms with E-state index in [9.17, 15) is 4.79 Å². The van der Waals surface area contributed by atoms with E-state index in [4.69, 9.17) is 4.74 Å². The van der Waals surface area contributed by atoms with E-state index in [1.807, 2.05) is 0 Å². The van der Waals surface area contributed by atoms with Crippen LogP contribution in [0, 0.1) is 11.8 Å². The fourth-order valence-corrected chi connectivity index (χ4v) is 4.38. The molecule has 2 aliphatic heterocycles. The normalized spacial score (nSPS) is 20.7. The van der Waals surface area contributed by atoms with Gasteiger partial charge < -0.3 is 15.4 Å². The van der Waals surface area contributed by atoms with Gasteiger partial charge in [-0.3, -0.25) is 4.90 Å². The third-order valence-electron chi connectivity index (χ3n) is 6.37. The summed E-state index contributed by atoms with van der Waals surface area (Å²) in [6.45, 7) is 8.92. The van der Waals surface area contributed by atoms with Crippen molar-refractivity contribution in [2.24, 2.45) is 11.8 Å². The summed E-state index contributed by atoms with van der Waals surface area (Å²) in [5, 5.41) is 6.80. The first kappa shape index (κ1) is 21.6. The highest BCUT2D eigenvalue weighted by atomic mass is 16.6. The molecule has 31 heavy (non-hydrogen) atoms. The Balaban J connectivity index is 1.41. The molecule has 7 heteroatoms. The molecule has 0 bridgehead atoms. The minimum atomic E-state index is -0.347. The van der Waals surface area contributed by atoms with Gasteiger partial charge >= 0.3 is 6.09 Å². The second-order valence-corrected chi connectivity index (χ2v) is 9.00. The van der Waals surface area contributed by atoms with Gasteiger partial charge in [0.1, 0.15) is 12.4 Å². The second kappa shape index (κ2) is 9.64. The molecule has 1 aromatic heterocycles. The molecule has 2 fully saturated rings. The fourth-order valence-electron chi connectivity index (χ4n) is 4.38. The summed E-state index contributed by atoms with van der Waals surface area (Å²) in [6, 6.07) is 10.6. The number of carbonyl (C=O) groups is 1. The van der Waals surface area contributed by atoms with E-state index >= 15 is 0 Å². The summed E-state index contributed by atoms with van der Waals surface area (Å²) in [5.74, 6) is 2.14. The Morgan fingerprint density at radius 1 is 1.16 bits per heavy atom. The maximum Gasteiger partial charge on any atom is 0.415 e.